The van der Waals surface area contributed by atoms with Crippen molar-refractivity contribution in [3.63, 3.8) is 0 Å². The summed E-state index contributed by atoms with van der Waals surface area (Å²) < 4.78 is 5.08. The van der Waals surface area contributed by atoms with Gasteiger partial charge in [-0.2, -0.15) is 0 Å². The molecular weight excluding hydrogens is 312 g/mol. The first-order valence-corrected chi connectivity index (χ1v) is 7.26. The molecule has 0 aliphatic rings. The zero-order valence-corrected chi connectivity index (χ0v) is 13.3. The highest BCUT2D eigenvalue weighted by molar-refractivity contribution is 5.81. The van der Waals surface area contributed by atoms with Gasteiger partial charge in [-0.15, -0.1) is 0 Å². The number of methoxy groups -OCH3 is 1. The number of hydrogen-bond donors (Lipinski definition) is 2. The van der Waals surface area contributed by atoms with Crippen molar-refractivity contribution in [2.45, 2.75) is 19.1 Å². The van der Waals surface area contributed by atoms with Gasteiger partial charge in [-0.1, -0.05) is 12.1 Å². The molecular formula is C17H18N2O5. The van der Waals surface area contributed by atoms with Crippen molar-refractivity contribution in [3.05, 3.63) is 64.2 Å². The zero-order chi connectivity index (χ0) is 17.7. The Balaban J connectivity index is 2.35. The molecule has 0 radical (unpaired) electrons. The van der Waals surface area contributed by atoms with E-state index in [2.05, 4.69) is 5.32 Å². The van der Waals surface area contributed by atoms with E-state index in [0.29, 0.717) is 17.0 Å². The van der Waals surface area contributed by atoms with Gasteiger partial charge in [-0.05, 0) is 36.8 Å². The standard InChI is InChI=1S/C17H18N2O5/c1-11(20)17(21)16(12-4-3-5-14(10-12)19(22)23)18-13-6-8-15(24-2)9-7-13/h3-10,16-18,21H,1-2H3/t16-,17-/m1/s1. The number of aliphatic hydroxyl groups is 1. The Morgan fingerprint density at radius 2 is 1.92 bits per heavy atom. The number of hydrogen-bond acceptors (Lipinski definition) is 6. The Morgan fingerprint density at radius 1 is 1.25 bits per heavy atom. The minimum atomic E-state index is -1.34. The van der Waals surface area contributed by atoms with Crippen LogP contribution in [0, 0.1) is 10.1 Å². The topological polar surface area (TPSA) is 102 Å². The first kappa shape index (κ1) is 17.4. The summed E-state index contributed by atoms with van der Waals surface area (Å²) in [6, 6.07) is 12.0. The lowest BCUT2D eigenvalue weighted by atomic mass is 9.98. The molecule has 7 nitrogen and oxygen atoms in total. The number of aliphatic hydroxyl groups excluding tert-OH is 1. The predicted octanol–water partition coefficient (Wildman–Crippen LogP) is 2.71. The van der Waals surface area contributed by atoms with Crippen LogP contribution < -0.4 is 10.1 Å². The first-order chi connectivity index (χ1) is 11.4. The molecule has 126 valence electrons. The average Bonchev–Trinajstić information content (AvgIpc) is 2.59. The molecule has 0 amide bonds. The number of anilines is 1. The number of Topliss-reactive ketones (excluding diaryl/α,β-unsaturated/α-hetero) is 1. The number of carbonyl (C=O) groups excluding carboxylic acids is 1. The fraction of sp³-hybridized carbons (Fsp3) is 0.235. The van der Waals surface area contributed by atoms with Crippen molar-refractivity contribution in [2.75, 3.05) is 12.4 Å². The summed E-state index contributed by atoms with van der Waals surface area (Å²) in [6.07, 6.45) is -1.34. The van der Waals surface area contributed by atoms with E-state index in [4.69, 9.17) is 4.74 Å². The Bertz CT molecular complexity index is 730. The highest BCUT2D eigenvalue weighted by atomic mass is 16.6. The van der Waals surface area contributed by atoms with Crippen molar-refractivity contribution < 1.29 is 19.6 Å². The summed E-state index contributed by atoms with van der Waals surface area (Å²) in [7, 11) is 1.55. The number of carbonyl (C=O) groups is 1. The van der Waals surface area contributed by atoms with Gasteiger partial charge in [0.05, 0.1) is 18.1 Å². The number of nitrogens with zero attached hydrogens (tertiary/aromatic N) is 1. The number of ether oxygens (including phenoxy) is 1. The molecule has 0 saturated carbocycles. The fourth-order valence-electron chi connectivity index (χ4n) is 2.28. The first-order valence-electron chi connectivity index (χ1n) is 7.26. The summed E-state index contributed by atoms with van der Waals surface area (Å²) in [5.74, 6) is 0.229. The molecule has 7 heteroatoms. The van der Waals surface area contributed by atoms with Crippen LogP contribution in [0.1, 0.15) is 18.5 Å². The van der Waals surface area contributed by atoms with Gasteiger partial charge in [0.15, 0.2) is 5.78 Å². The molecule has 24 heavy (non-hydrogen) atoms. The molecule has 2 aromatic carbocycles. The number of nitro benzene ring substituents is 1. The van der Waals surface area contributed by atoms with Crippen LogP contribution in [-0.2, 0) is 4.79 Å². The van der Waals surface area contributed by atoms with E-state index >= 15 is 0 Å². The second kappa shape index (κ2) is 7.56. The van der Waals surface area contributed by atoms with E-state index < -0.39 is 22.9 Å². The minimum absolute atomic E-state index is 0.107. The quantitative estimate of drug-likeness (QED) is 0.598. The Labute approximate surface area is 139 Å². The highest BCUT2D eigenvalue weighted by Crippen LogP contribution is 2.27. The molecule has 0 bridgehead atoms. The largest absolute Gasteiger partial charge is 0.497 e. The lowest BCUT2D eigenvalue weighted by Gasteiger charge is -2.24. The summed E-state index contributed by atoms with van der Waals surface area (Å²) in [4.78, 5) is 22.1. The molecule has 0 saturated heterocycles. The Hall–Kier alpha value is -2.93. The van der Waals surface area contributed by atoms with E-state index in [1.165, 1.54) is 25.1 Å². The lowest BCUT2D eigenvalue weighted by molar-refractivity contribution is -0.384. The molecule has 2 N–H and O–H groups in total. The summed E-state index contributed by atoms with van der Waals surface area (Å²) >= 11 is 0. The summed E-state index contributed by atoms with van der Waals surface area (Å²) in [6.45, 7) is 1.27. The number of nitrogens with one attached hydrogen (secondary N) is 1. The second-order valence-electron chi connectivity index (χ2n) is 5.26. The molecule has 0 aliphatic carbocycles. The van der Waals surface area contributed by atoms with Gasteiger partial charge in [0.1, 0.15) is 11.9 Å². The van der Waals surface area contributed by atoms with Crippen molar-refractivity contribution in [2.24, 2.45) is 0 Å². The van der Waals surface area contributed by atoms with Gasteiger partial charge >= 0.3 is 0 Å². The van der Waals surface area contributed by atoms with Gasteiger partial charge in [0.25, 0.3) is 5.69 Å². The maximum atomic E-state index is 11.6. The van der Waals surface area contributed by atoms with Gasteiger partial charge in [-0.25, -0.2) is 0 Å². The number of non-ortho nitro benzene ring substituents is 1. The highest BCUT2D eigenvalue weighted by Gasteiger charge is 2.26. The van der Waals surface area contributed by atoms with Crippen LogP contribution in [0.15, 0.2) is 48.5 Å². The molecule has 0 spiro atoms. The van der Waals surface area contributed by atoms with Gasteiger partial charge < -0.3 is 15.2 Å². The van der Waals surface area contributed by atoms with E-state index in [0.717, 1.165) is 0 Å². The van der Waals surface area contributed by atoms with Crippen LogP contribution in [-0.4, -0.2) is 29.0 Å². The predicted molar refractivity (Wildman–Crippen MR) is 89.1 cm³/mol. The molecule has 2 rings (SSSR count). The molecule has 0 aromatic heterocycles. The Morgan fingerprint density at radius 3 is 2.46 bits per heavy atom. The number of ketones is 1. The van der Waals surface area contributed by atoms with Crippen molar-refractivity contribution in [1.29, 1.82) is 0 Å². The minimum Gasteiger partial charge on any atom is -0.497 e. The van der Waals surface area contributed by atoms with E-state index in [-0.39, 0.29) is 5.69 Å². The zero-order valence-electron chi connectivity index (χ0n) is 13.3. The van der Waals surface area contributed by atoms with E-state index in [9.17, 15) is 20.0 Å². The van der Waals surface area contributed by atoms with E-state index in [1.54, 1.807) is 37.4 Å². The van der Waals surface area contributed by atoms with Gasteiger partial charge in [0, 0.05) is 17.8 Å². The Kier molecular flexibility index (Phi) is 5.49. The van der Waals surface area contributed by atoms with Crippen molar-refractivity contribution in [3.8, 4) is 5.75 Å². The van der Waals surface area contributed by atoms with Gasteiger partial charge in [0.2, 0.25) is 0 Å². The molecule has 2 aromatic rings. The number of nitro groups is 1. The third-order valence-electron chi connectivity index (χ3n) is 3.58. The lowest BCUT2D eigenvalue weighted by Crippen LogP contribution is -2.31. The summed E-state index contributed by atoms with van der Waals surface area (Å²) in [5, 5.41) is 24.2. The number of rotatable bonds is 7. The SMILES string of the molecule is COc1ccc(N[C@H](c2cccc([N+](=O)[O-])c2)[C@H](O)C(C)=O)cc1. The fourth-order valence-corrected chi connectivity index (χ4v) is 2.28. The monoisotopic (exact) mass is 330 g/mol. The van der Waals surface area contributed by atoms with Crippen LogP contribution in [0.25, 0.3) is 0 Å². The third-order valence-corrected chi connectivity index (χ3v) is 3.58. The molecule has 0 unspecified atom stereocenters. The van der Waals surface area contributed by atoms with Crippen LogP contribution in [0.3, 0.4) is 0 Å². The smallest absolute Gasteiger partial charge is 0.269 e. The maximum Gasteiger partial charge on any atom is 0.269 e. The van der Waals surface area contributed by atoms with Crippen LogP contribution in [0.5, 0.6) is 5.75 Å². The van der Waals surface area contributed by atoms with Crippen LogP contribution >= 0.6 is 0 Å². The van der Waals surface area contributed by atoms with Crippen LogP contribution in [0.4, 0.5) is 11.4 Å². The molecule has 2 atom stereocenters. The number of benzene rings is 2. The molecule has 0 aliphatic heterocycles. The third kappa shape index (κ3) is 4.08. The molecule has 0 heterocycles. The van der Waals surface area contributed by atoms with Crippen molar-refractivity contribution >= 4 is 17.2 Å². The van der Waals surface area contributed by atoms with Crippen LogP contribution in [0.2, 0.25) is 0 Å². The average molecular weight is 330 g/mol. The normalized spacial score (nSPS) is 13.0. The van der Waals surface area contributed by atoms with Gasteiger partial charge in [-0.3, -0.25) is 14.9 Å². The van der Waals surface area contributed by atoms with E-state index in [1.807, 2.05) is 0 Å². The maximum absolute atomic E-state index is 11.6. The summed E-state index contributed by atoms with van der Waals surface area (Å²) in [5.41, 5.74) is 0.986. The van der Waals surface area contributed by atoms with Crippen molar-refractivity contribution in [1.82, 2.24) is 0 Å². The molecule has 0 fully saturated rings. The second-order valence-corrected chi connectivity index (χ2v) is 5.26.